The van der Waals surface area contributed by atoms with Crippen LogP contribution in [0.25, 0.3) is 0 Å². The number of halogens is 1. The highest BCUT2D eigenvalue weighted by Crippen LogP contribution is 2.24. The topological polar surface area (TPSA) is 58.6 Å². The Hall–Kier alpha value is -2.53. The van der Waals surface area contributed by atoms with Crippen LogP contribution in [0.5, 0.6) is 0 Å². The summed E-state index contributed by atoms with van der Waals surface area (Å²) in [4.78, 5) is 25.1. The summed E-state index contributed by atoms with van der Waals surface area (Å²) < 4.78 is 5.18. The fourth-order valence-electron chi connectivity index (χ4n) is 3.04. The number of anilines is 1. The van der Waals surface area contributed by atoms with Crippen LogP contribution in [-0.2, 0) is 22.4 Å². The maximum absolute atomic E-state index is 12.2. The highest BCUT2D eigenvalue weighted by atomic mass is 35.5. The number of hydrogen-bond donors (Lipinski definition) is 1. The number of benzene rings is 2. The van der Waals surface area contributed by atoms with E-state index >= 15 is 0 Å². The minimum atomic E-state index is -0.513. The number of rotatable bonds is 5. The molecule has 0 bridgehead atoms. The highest BCUT2D eigenvalue weighted by molar-refractivity contribution is 6.30. The molecule has 1 heterocycles. The third-order valence-corrected chi connectivity index (χ3v) is 4.64. The summed E-state index contributed by atoms with van der Waals surface area (Å²) in [5.41, 5.74) is 3.22. The van der Waals surface area contributed by atoms with Gasteiger partial charge in [-0.05, 0) is 48.2 Å². The van der Waals surface area contributed by atoms with Gasteiger partial charge in [0.25, 0.3) is 0 Å². The van der Waals surface area contributed by atoms with Crippen molar-refractivity contribution in [2.24, 2.45) is 0 Å². The number of carbonyl (C=O) groups is 2. The number of nitrogens with one attached hydrogen (secondary N) is 1. The first-order chi connectivity index (χ1) is 12.5. The van der Waals surface area contributed by atoms with Crippen LogP contribution in [0.15, 0.2) is 48.5 Å². The lowest BCUT2D eigenvalue weighted by molar-refractivity contribution is -0.117. The Bertz CT molecular complexity index is 792. The third kappa shape index (κ3) is 4.55. The van der Waals surface area contributed by atoms with Gasteiger partial charge in [0.2, 0.25) is 5.91 Å². The van der Waals surface area contributed by atoms with Crippen LogP contribution < -0.4 is 10.2 Å². The van der Waals surface area contributed by atoms with E-state index in [4.69, 9.17) is 16.3 Å². The molecular weight excluding hydrogens is 352 g/mol. The number of alkyl carbamates (subject to hydrolysis) is 1. The fraction of sp³-hybridized carbons (Fsp3) is 0.300. The molecule has 1 aliphatic heterocycles. The summed E-state index contributed by atoms with van der Waals surface area (Å²) in [7, 11) is 1.50. The predicted molar refractivity (Wildman–Crippen MR) is 102 cm³/mol. The van der Waals surface area contributed by atoms with Gasteiger partial charge in [-0.2, -0.15) is 0 Å². The first-order valence-corrected chi connectivity index (χ1v) is 8.95. The Morgan fingerprint density at radius 1 is 1.19 bits per heavy atom. The normalized spacial score (nSPS) is 16.6. The molecule has 1 aliphatic rings. The molecule has 2 amide bonds. The zero-order chi connectivity index (χ0) is 18.5. The largest absolute Gasteiger partial charge is 0.444 e. The molecule has 26 heavy (non-hydrogen) atoms. The van der Waals surface area contributed by atoms with E-state index in [2.05, 4.69) is 11.4 Å². The summed E-state index contributed by atoms with van der Waals surface area (Å²) in [6, 6.07) is 15.8. The van der Waals surface area contributed by atoms with E-state index in [-0.39, 0.29) is 12.3 Å². The number of carbonyl (C=O) groups excluding carboxylic acids is 2. The summed E-state index contributed by atoms with van der Waals surface area (Å²) >= 11 is 6.01. The number of aryl methyl sites for hydroxylation is 2. The predicted octanol–water partition coefficient (Wildman–Crippen LogP) is 3.59. The van der Waals surface area contributed by atoms with E-state index in [0.29, 0.717) is 6.54 Å². The van der Waals surface area contributed by atoms with Gasteiger partial charge in [-0.1, -0.05) is 35.9 Å². The molecule has 0 radical (unpaired) electrons. The Morgan fingerprint density at radius 2 is 1.92 bits per heavy atom. The van der Waals surface area contributed by atoms with E-state index in [9.17, 15) is 9.59 Å². The average Bonchev–Trinajstić information content (AvgIpc) is 3.00. The number of amides is 2. The molecule has 0 aliphatic carbocycles. The molecule has 1 atom stereocenters. The molecular formula is C20H21ClN2O3. The maximum Gasteiger partial charge on any atom is 0.407 e. The van der Waals surface area contributed by atoms with Crippen LogP contribution in [0.3, 0.4) is 0 Å². The van der Waals surface area contributed by atoms with Crippen molar-refractivity contribution in [2.45, 2.75) is 25.4 Å². The van der Waals surface area contributed by atoms with Gasteiger partial charge in [-0.3, -0.25) is 4.79 Å². The second-order valence-electron chi connectivity index (χ2n) is 6.28. The molecule has 6 heteroatoms. The van der Waals surface area contributed by atoms with Gasteiger partial charge >= 0.3 is 6.09 Å². The third-order valence-electron chi connectivity index (χ3n) is 4.41. The van der Waals surface area contributed by atoms with E-state index in [1.807, 2.05) is 42.5 Å². The van der Waals surface area contributed by atoms with E-state index in [0.717, 1.165) is 23.6 Å². The summed E-state index contributed by atoms with van der Waals surface area (Å²) in [5.74, 6) is -0.0365. The van der Waals surface area contributed by atoms with Crippen molar-refractivity contribution < 1.29 is 14.3 Å². The van der Waals surface area contributed by atoms with Crippen LogP contribution >= 0.6 is 11.6 Å². The van der Waals surface area contributed by atoms with Gasteiger partial charge in [-0.15, -0.1) is 0 Å². The quantitative estimate of drug-likeness (QED) is 0.872. The standard InChI is InChI=1S/C20H21ClN2O3/c1-22-20(25)26-18-12-19(24)23(13-18)17-9-7-14(8-10-17)5-6-15-3-2-4-16(21)11-15/h2-4,7-11,18H,5-6,12-13H2,1H3,(H,22,25). The Morgan fingerprint density at radius 3 is 2.62 bits per heavy atom. The lowest BCUT2D eigenvalue weighted by atomic mass is 10.0. The Kier molecular flexibility index (Phi) is 5.78. The molecule has 0 saturated carbocycles. The zero-order valence-corrected chi connectivity index (χ0v) is 15.3. The smallest absolute Gasteiger partial charge is 0.407 e. The number of ether oxygens (including phenoxy) is 1. The second kappa shape index (κ2) is 8.23. The SMILES string of the molecule is CNC(=O)OC1CC(=O)N(c2ccc(CCc3cccc(Cl)c3)cc2)C1. The van der Waals surface area contributed by atoms with Crippen LogP contribution in [0.2, 0.25) is 5.02 Å². The molecule has 0 aromatic heterocycles. The first kappa shape index (κ1) is 18.3. The second-order valence-corrected chi connectivity index (χ2v) is 6.72. The molecule has 2 aromatic rings. The van der Waals surface area contributed by atoms with Crippen molar-refractivity contribution in [3.63, 3.8) is 0 Å². The summed E-state index contributed by atoms with van der Waals surface area (Å²) in [6.07, 6.45) is 1.09. The van der Waals surface area contributed by atoms with Gasteiger partial charge < -0.3 is 15.0 Å². The number of hydrogen-bond acceptors (Lipinski definition) is 3. The van der Waals surface area contributed by atoms with E-state index < -0.39 is 12.2 Å². The van der Waals surface area contributed by atoms with E-state index in [1.165, 1.54) is 18.2 Å². The molecule has 0 spiro atoms. The molecule has 5 nitrogen and oxygen atoms in total. The summed E-state index contributed by atoms with van der Waals surface area (Å²) in [5, 5.41) is 3.15. The van der Waals surface area contributed by atoms with Crippen molar-refractivity contribution in [1.82, 2.24) is 5.32 Å². The molecule has 3 rings (SSSR count). The lowest BCUT2D eigenvalue weighted by Crippen LogP contribution is -2.29. The van der Waals surface area contributed by atoms with Gasteiger partial charge in [0, 0.05) is 17.8 Å². The van der Waals surface area contributed by atoms with Crippen LogP contribution in [-0.4, -0.2) is 31.7 Å². The summed E-state index contributed by atoms with van der Waals surface area (Å²) in [6.45, 7) is 0.383. The molecule has 136 valence electrons. The zero-order valence-electron chi connectivity index (χ0n) is 14.6. The van der Waals surface area contributed by atoms with Gasteiger partial charge in [0.05, 0.1) is 13.0 Å². The van der Waals surface area contributed by atoms with Crippen molar-refractivity contribution >= 4 is 29.3 Å². The van der Waals surface area contributed by atoms with Crippen molar-refractivity contribution in [2.75, 3.05) is 18.5 Å². The van der Waals surface area contributed by atoms with Crippen LogP contribution in [0.4, 0.5) is 10.5 Å². The lowest BCUT2D eigenvalue weighted by Gasteiger charge is -2.17. The van der Waals surface area contributed by atoms with Crippen molar-refractivity contribution in [1.29, 1.82) is 0 Å². The van der Waals surface area contributed by atoms with Gasteiger partial charge in [0.1, 0.15) is 6.10 Å². The maximum atomic E-state index is 12.2. The van der Waals surface area contributed by atoms with E-state index in [1.54, 1.807) is 4.90 Å². The fourth-order valence-corrected chi connectivity index (χ4v) is 3.25. The van der Waals surface area contributed by atoms with Crippen molar-refractivity contribution in [3.05, 3.63) is 64.7 Å². The molecule has 1 fully saturated rings. The Balaban J connectivity index is 1.59. The van der Waals surface area contributed by atoms with Crippen LogP contribution in [0.1, 0.15) is 17.5 Å². The van der Waals surface area contributed by atoms with Crippen LogP contribution in [0, 0.1) is 0 Å². The van der Waals surface area contributed by atoms with Gasteiger partial charge in [0.15, 0.2) is 0 Å². The minimum Gasteiger partial charge on any atom is -0.444 e. The number of nitrogens with zero attached hydrogens (tertiary/aromatic N) is 1. The monoisotopic (exact) mass is 372 g/mol. The molecule has 2 aromatic carbocycles. The highest BCUT2D eigenvalue weighted by Gasteiger charge is 2.32. The molecule has 1 unspecified atom stereocenters. The molecule has 1 saturated heterocycles. The minimum absolute atomic E-state index is 0.0365. The van der Waals surface area contributed by atoms with Crippen molar-refractivity contribution in [3.8, 4) is 0 Å². The average molecular weight is 373 g/mol. The molecule has 1 N–H and O–H groups in total. The van der Waals surface area contributed by atoms with Gasteiger partial charge in [-0.25, -0.2) is 4.79 Å². The first-order valence-electron chi connectivity index (χ1n) is 8.57. The Labute approximate surface area is 157 Å².